The lowest BCUT2D eigenvalue weighted by Crippen LogP contribution is -2.29. The molecule has 0 radical (unpaired) electrons. The van der Waals surface area contributed by atoms with Crippen LogP contribution in [0, 0.1) is 0 Å². The minimum Gasteiger partial charge on any atom is -0.493 e. The van der Waals surface area contributed by atoms with Crippen LogP contribution in [0.4, 0.5) is 0 Å². The highest BCUT2D eigenvalue weighted by Crippen LogP contribution is 2.32. The molecule has 0 saturated carbocycles. The van der Waals surface area contributed by atoms with Gasteiger partial charge in [0.25, 0.3) is 0 Å². The number of carbonyl (C=O) groups excluding carboxylic acids is 1. The van der Waals surface area contributed by atoms with Crippen molar-refractivity contribution >= 4 is 12.0 Å². The summed E-state index contributed by atoms with van der Waals surface area (Å²) in [6.45, 7) is 1.82. The quantitative estimate of drug-likeness (QED) is 0.828. The smallest absolute Gasteiger partial charge is 0.230 e. The molecule has 0 N–H and O–H groups in total. The van der Waals surface area contributed by atoms with E-state index in [4.69, 9.17) is 18.9 Å². The van der Waals surface area contributed by atoms with Crippen LogP contribution in [-0.4, -0.2) is 51.1 Å². The van der Waals surface area contributed by atoms with Gasteiger partial charge in [0.1, 0.15) is 0 Å². The first-order valence-corrected chi connectivity index (χ1v) is 7.67. The van der Waals surface area contributed by atoms with Crippen molar-refractivity contribution in [2.75, 3.05) is 34.0 Å². The third-order valence-electron chi connectivity index (χ3n) is 4.04. The normalized spacial score (nSPS) is 18.0. The molecule has 6 nitrogen and oxygen atoms in total. The van der Waals surface area contributed by atoms with Crippen molar-refractivity contribution < 1.29 is 23.7 Å². The van der Waals surface area contributed by atoms with E-state index in [1.807, 2.05) is 24.4 Å². The number of nitrogens with zero attached hydrogens (tertiary/aromatic N) is 1. The summed E-state index contributed by atoms with van der Waals surface area (Å²) in [7, 11) is 3.19. The summed E-state index contributed by atoms with van der Waals surface area (Å²) in [6.07, 6.45) is 4.53. The van der Waals surface area contributed by atoms with E-state index in [0.717, 1.165) is 11.1 Å². The van der Waals surface area contributed by atoms with Gasteiger partial charge in [0.05, 0.1) is 33.9 Å². The highest BCUT2D eigenvalue weighted by atomic mass is 16.7. The van der Waals surface area contributed by atoms with Crippen LogP contribution >= 0.6 is 0 Å². The number of hydrogen-bond acceptors (Lipinski definition) is 5. The first-order valence-electron chi connectivity index (χ1n) is 7.67. The molecule has 0 bridgehead atoms. The zero-order valence-electron chi connectivity index (χ0n) is 13.4. The van der Waals surface area contributed by atoms with Gasteiger partial charge < -0.3 is 23.8 Å². The van der Waals surface area contributed by atoms with Crippen molar-refractivity contribution in [2.45, 2.75) is 19.1 Å². The van der Waals surface area contributed by atoms with Crippen molar-refractivity contribution in [1.29, 1.82) is 0 Å². The average Bonchev–Trinajstić information content (AvgIpc) is 3.03. The Kier molecular flexibility index (Phi) is 4.83. The Hall–Kier alpha value is -2.05. The zero-order chi connectivity index (χ0) is 16.2. The van der Waals surface area contributed by atoms with Crippen molar-refractivity contribution in [1.82, 2.24) is 4.90 Å². The molecule has 3 rings (SSSR count). The lowest BCUT2D eigenvalue weighted by molar-refractivity contribution is -0.128. The van der Waals surface area contributed by atoms with E-state index in [2.05, 4.69) is 0 Å². The predicted molar refractivity (Wildman–Crippen MR) is 84.3 cm³/mol. The molecule has 6 heteroatoms. The SMILES string of the molecule is COc1cc2c(cc1OC)CC(=O)N(CCC1OCCO1)C=C2. The topological polar surface area (TPSA) is 57.2 Å². The van der Waals surface area contributed by atoms with Gasteiger partial charge in [0.2, 0.25) is 5.91 Å². The Morgan fingerprint density at radius 2 is 1.87 bits per heavy atom. The van der Waals surface area contributed by atoms with E-state index in [0.29, 0.717) is 44.1 Å². The third kappa shape index (κ3) is 3.48. The van der Waals surface area contributed by atoms with Crippen LogP contribution < -0.4 is 9.47 Å². The lowest BCUT2D eigenvalue weighted by atomic mass is 10.0. The average molecular weight is 319 g/mol. The van der Waals surface area contributed by atoms with Gasteiger partial charge in [0.15, 0.2) is 17.8 Å². The fourth-order valence-corrected chi connectivity index (χ4v) is 2.78. The van der Waals surface area contributed by atoms with Gasteiger partial charge in [-0.05, 0) is 29.3 Å². The molecule has 0 spiro atoms. The summed E-state index contributed by atoms with van der Waals surface area (Å²) in [4.78, 5) is 14.2. The summed E-state index contributed by atoms with van der Waals surface area (Å²) in [5.74, 6) is 1.34. The zero-order valence-corrected chi connectivity index (χ0v) is 13.4. The molecule has 1 aromatic carbocycles. The maximum Gasteiger partial charge on any atom is 0.230 e. The molecule has 0 atom stereocenters. The van der Waals surface area contributed by atoms with E-state index >= 15 is 0 Å². The Morgan fingerprint density at radius 3 is 2.57 bits per heavy atom. The minimum atomic E-state index is -0.206. The number of ether oxygens (including phenoxy) is 4. The number of fused-ring (bicyclic) bond motifs is 1. The molecule has 0 aliphatic carbocycles. The number of methoxy groups -OCH3 is 2. The first kappa shape index (κ1) is 15.8. The van der Waals surface area contributed by atoms with Gasteiger partial charge in [-0.3, -0.25) is 4.79 Å². The fraction of sp³-hybridized carbons (Fsp3) is 0.471. The molecule has 23 heavy (non-hydrogen) atoms. The molecule has 0 unspecified atom stereocenters. The maximum absolute atomic E-state index is 12.5. The fourth-order valence-electron chi connectivity index (χ4n) is 2.78. The van der Waals surface area contributed by atoms with Gasteiger partial charge in [-0.2, -0.15) is 0 Å². The highest BCUT2D eigenvalue weighted by molar-refractivity contribution is 5.84. The Balaban J connectivity index is 1.74. The van der Waals surface area contributed by atoms with E-state index in [9.17, 15) is 4.79 Å². The molecule has 2 heterocycles. The molecule has 1 aromatic rings. The monoisotopic (exact) mass is 319 g/mol. The van der Waals surface area contributed by atoms with Crippen LogP contribution in [0.5, 0.6) is 11.5 Å². The summed E-state index contributed by atoms with van der Waals surface area (Å²) in [6, 6.07) is 3.76. The van der Waals surface area contributed by atoms with Crippen molar-refractivity contribution in [3.63, 3.8) is 0 Å². The minimum absolute atomic E-state index is 0.0465. The summed E-state index contributed by atoms with van der Waals surface area (Å²) < 4.78 is 21.5. The van der Waals surface area contributed by atoms with Crippen LogP contribution in [-0.2, 0) is 20.7 Å². The standard InChI is InChI=1S/C17H21NO5/c1-20-14-9-12-3-5-18(6-4-17-22-7-8-23-17)16(19)11-13(12)10-15(14)21-2/h3,5,9-10,17H,4,6-8,11H2,1-2H3. The van der Waals surface area contributed by atoms with Gasteiger partial charge in [-0.25, -0.2) is 0 Å². The third-order valence-corrected chi connectivity index (χ3v) is 4.04. The molecule has 124 valence electrons. The van der Waals surface area contributed by atoms with Crippen molar-refractivity contribution in [2.24, 2.45) is 0 Å². The van der Waals surface area contributed by atoms with E-state index in [-0.39, 0.29) is 12.2 Å². The lowest BCUT2D eigenvalue weighted by Gasteiger charge is -2.18. The number of carbonyl (C=O) groups is 1. The van der Waals surface area contributed by atoms with Crippen molar-refractivity contribution in [3.8, 4) is 11.5 Å². The van der Waals surface area contributed by atoms with Crippen LogP contribution in [0.3, 0.4) is 0 Å². The molecule has 1 fully saturated rings. The number of benzene rings is 1. The van der Waals surface area contributed by atoms with Crippen LogP contribution in [0.15, 0.2) is 18.3 Å². The van der Waals surface area contributed by atoms with Crippen LogP contribution in [0.1, 0.15) is 17.5 Å². The number of rotatable bonds is 5. The summed E-state index contributed by atoms with van der Waals surface area (Å²) in [5.41, 5.74) is 1.90. The second-order valence-electron chi connectivity index (χ2n) is 5.45. The first-order chi connectivity index (χ1) is 11.2. The van der Waals surface area contributed by atoms with Crippen LogP contribution in [0.2, 0.25) is 0 Å². The Labute approximate surface area is 135 Å². The highest BCUT2D eigenvalue weighted by Gasteiger charge is 2.22. The molecular weight excluding hydrogens is 298 g/mol. The van der Waals surface area contributed by atoms with Crippen molar-refractivity contribution in [3.05, 3.63) is 29.5 Å². The summed E-state index contributed by atoms with van der Waals surface area (Å²) in [5, 5.41) is 0. The van der Waals surface area contributed by atoms with E-state index < -0.39 is 0 Å². The van der Waals surface area contributed by atoms with Gasteiger partial charge in [0, 0.05) is 19.2 Å². The van der Waals surface area contributed by atoms with Gasteiger partial charge >= 0.3 is 0 Å². The molecule has 1 saturated heterocycles. The molecule has 2 aliphatic heterocycles. The molecule has 0 aromatic heterocycles. The second kappa shape index (κ2) is 7.02. The summed E-state index contributed by atoms with van der Waals surface area (Å²) >= 11 is 0. The molecular formula is C17H21NO5. The Morgan fingerprint density at radius 1 is 1.17 bits per heavy atom. The van der Waals surface area contributed by atoms with E-state index in [1.165, 1.54) is 0 Å². The largest absolute Gasteiger partial charge is 0.493 e. The molecule has 1 amide bonds. The van der Waals surface area contributed by atoms with Gasteiger partial charge in [-0.15, -0.1) is 0 Å². The molecule has 2 aliphatic rings. The van der Waals surface area contributed by atoms with E-state index in [1.54, 1.807) is 19.1 Å². The Bertz CT molecular complexity index is 607. The number of hydrogen-bond donors (Lipinski definition) is 0. The van der Waals surface area contributed by atoms with Gasteiger partial charge in [-0.1, -0.05) is 0 Å². The predicted octanol–water partition coefficient (Wildman–Crippen LogP) is 1.82. The number of amides is 1. The van der Waals surface area contributed by atoms with Crippen LogP contribution in [0.25, 0.3) is 6.08 Å². The maximum atomic E-state index is 12.5. The second-order valence-corrected chi connectivity index (χ2v) is 5.45.